The molecule has 0 saturated carbocycles. The largest absolute Gasteiger partial charge is 0.496 e. The minimum atomic E-state index is 0.614. The van der Waals surface area contributed by atoms with E-state index in [2.05, 4.69) is 20.8 Å². The standard InChI is InChI=1S/C13H21NO2/c1-8-9(2)13(16-5)11(6-7-14)10(3)12(8)15-4/h6-7,14H2,1-5H3. The number of ether oxygens (including phenoxy) is 2. The van der Waals surface area contributed by atoms with Crippen LogP contribution in [0.1, 0.15) is 22.3 Å². The van der Waals surface area contributed by atoms with Gasteiger partial charge in [0.15, 0.2) is 0 Å². The fourth-order valence-corrected chi connectivity index (χ4v) is 2.18. The van der Waals surface area contributed by atoms with Crippen LogP contribution in [0.2, 0.25) is 0 Å². The van der Waals surface area contributed by atoms with Gasteiger partial charge in [-0.25, -0.2) is 0 Å². The topological polar surface area (TPSA) is 44.5 Å². The van der Waals surface area contributed by atoms with Crippen LogP contribution in [-0.4, -0.2) is 20.8 Å². The molecule has 0 unspecified atom stereocenters. The average Bonchev–Trinajstić information content (AvgIpc) is 2.27. The maximum atomic E-state index is 5.64. The molecule has 0 aromatic heterocycles. The first-order valence-electron chi connectivity index (χ1n) is 5.49. The molecule has 90 valence electrons. The molecule has 0 aliphatic carbocycles. The minimum absolute atomic E-state index is 0.614. The molecule has 0 saturated heterocycles. The van der Waals surface area contributed by atoms with E-state index in [0.29, 0.717) is 6.54 Å². The summed E-state index contributed by atoms with van der Waals surface area (Å²) in [6.07, 6.45) is 0.812. The van der Waals surface area contributed by atoms with Crippen molar-refractivity contribution in [3.63, 3.8) is 0 Å². The summed E-state index contributed by atoms with van der Waals surface area (Å²) in [5.41, 5.74) is 10.2. The zero-order chi connectivity index (χ0) is 12.3. The first kappa shape index (κ1) is 12.8. The van der Waals surface area contributed by atoms with Gasteiger partial charge in [0.25, 0.3) is 0 Å². The van der Waals surface area contributed by atoms with E-state index in [0.717, 1.165) is 40.2 Å². The van der Waals surface area contributed by atoms with Gasteiger partial charge in [0.05, 0.1) is 14.2 Å². The lowest BCUT2D eigenvalue weighted by Gasteiger charge is -2.20. The van der Waals surface area contributed by atoms with Crippen LogP contribution in [-0.2, 0) is 6.42 Å². The van der Waals surface area contributed by atoms with Gasteiger partial charge in [-0.2, -0.15) is 0 Å². The number of rotatable bonds is 4. The first-order valence-corrected chi connectivity index (χ1v) is 5.49. The highest BCUT2D eigenvalue weighted by Crippen LogP contribution is 2.37. The lowest BCUT2D eigenvalue weighted by molar-refractivity contribution is 0.391. The van der Waals surface area contributed by atoms with Gasteiger partial charge >= 0.3 is 0 Å². The summed E-state index contributed by atoms with van der Waals surface area (Å²) < 4.78 is 10.9. The van der Waals surface area contributed by atoms with Crippen molar-refractivity contribution in [2.45, 2.75) is 27.2 Å². The molecular formula is C13H21NO2. The lowest BCUT2D eigenvalue weighted by Crippen LogP contribution is -2.09. The second kappa shape index (κ2) is 5.21. The zero-order valence-electron chi connectivity index (χ0n) is 10.8. The third-order valence-electron chi connectivity index (χ3n) is 3.11. The Bertz CT molecular complexity index is 386. The van der Waals surface area contributed by atoms with Crippen LogP contribution in [0.15, 0.2) is 0 Å². The molecule has 16 heavy (non-hydrogen) atoms. The summed E-state index contributed by atoms with van der Waals surface area (Å²) >= 11 is 0. The number of methoxy groups -OCH3 is 2. The summed E-state index contributed by atoms with van der Waals surface area (Å²) in [6.45, 7) is 6.77. The Morgan fingerprint density at radius 3 is 1.81 bits per heavy atom. The van der Waals surface area contributed by atoms with Crippen molar-refractivity contribution in [1.82, 2.24) is 0 Å². The maximum absolute atomic E-state index is 5.64. The molecule has 0 aliphatic heterocycles. The third kappa shape index (κ3) is 2.00. The van der Waals surface area contributed by atoms with Gasteiger partial charge in [0.2, 0.25) is 0 Å². The molecule has 0 amide bonds. The third-order valence-corrected chi connectivity index (χ3v) is 3.11. The van der Waals surface area contributed by atoms with E-state index in [-0.39, 0.29) is 0 Å². The van der Waals surface area contributed by atoms with Gasteiger partial charge in [-0.05, 0) is 50.4 Å². The minimum Gasteiger partial charge on any atom is -0.496 e. The van der Waals surface area contributed by atoms with E-state index in [9.17, 15) is 0 Å². The fraction of sp³-hybridized carbons (Fsp3) is 0.538. The molecule has 0 aliphatic rings. The summed E-state index contributed by atoms with van der Waals surface area (Å²) in [5, 5.41) is 0. The van der Waals surface area contributed by atoms with Crippen LogP contribution >= 0.6 is 0 Å². The molecule has 3 heteroatoms. The zero-order valence-corrected chi connectivity index (χ0v) is 10.8. The van der Waals surface area contributed by atoms with Gasteiger partial charge in [-0.1, -0.05) is 0 Å². The average molecular weight is 223 g/mol. The van der Waals surface area contributed by atoms with Gasteiger partial charge in [0, 0.05) is 5.56 Å². The fourth-order valence-electron chi connectivity index (χ4n) is 2.18. The van der Waals surface area contributed by atoms with Crippen LogP contribution < -0.4 is 15.2 Å². The number of nitrogens with two attached hydrogens (primary N) is 1. The van der Waals surface area contributed by atoms with Crippen molar-refractivity contribution >= 4 is 0 Å². The molecule has 1 rings (SSSR count). The maximum Gasteiger partial charge on any atom is 0.125 e. The second-order valence-corrected chi connectivity index (χ2v) is 3.96. The van der Waals surface area contributed by atoms with E-state index in [1.54, 1.807) is 14.2 Å². The Morgan fingerprint density at radius 2 is 1.38 bits per heavy atom. The lowest BCUT2D eigenvalue weighted by atomic mass is 9.95. The van der Waals surface area contributed by atoms with Crippen LogP contribution in [0.25, 0.3) is 0 Å². The van der Waals surface area contributed by atoms with Crippen LogP contribution in [0.3, 0.4) is 0 Å². The van der Waals surface area contributed by atoms with E-state index < -0.39 is 0 Å². The van der Waals surface area contributed by atoms with Crippen LogP contribution in [0, 0.1) is 20.8 Å². The molecular weight excluding hydrogens is 202 g/mol. The highest BCUT2D eigenvalue weighted by molar-refractivity contribution is 5.58. The predicted molar refractivity (Wildman–Crippen MR) is 66.5 cm³/mol. The van der Waals surface area contributed by atoms with Crippen molar-refractivity contribution in [3.8, 4) is 11.5 Å². The Balaban J connectivity index is 3.50. The monoisotopic (exact) mass is 223 g/mol. The Hall–Kier alpha value is -1.22. The smallest absolute Gasteiger partial charge is 0.125 e. The quantitative estimate of drug-likeness (QED) is 0.850. The summed E-state index contributed by atoms with van der Waals surface area (Å²) in [6, 6.07) is 0. The normalized spacial score (nSPS) is 10.4. The molecule has 0 heterocycles. The van der Waals surface area contributed by atoms with E-state index in [1.165, 1.54) is 0 Å². The van der Waals surface area contributed by atoms with Crippen molar-refractivity contribution in [1.29, 1.82) is 0 Å². The summed E-state index contributed by atoms with van der Waals surface area (Å²) in [4.78, 5) is 0. The van der Waals surface area contributed by atoms with Gasteiger partial charge < -0.3 is 15.2 Å². The molecule has 2 N–H and O–H groups in total. The molecule has 0 atom stereocenters. The molecule has 0 bridgehead atoms. The van der Waals surface area contributed by atoms with Gasteiger partial charge in [0.1, 0.15) is 11.5 Å². The molecule has 0 spiro atoms. The van der Waals surface area contributed by atoms with E-state index >= 15 is 0 Å². The van der Waals surface area contributed by atoms with Crippen LogP contribution in [0.4, 0.5) is 0 Å². The Morgan fingerprint density at radius 1 is 0.875 bits per heavy atom. The second-order valence-electron chi connectivity index (χ2n) is 3.96. The SMILES string of the molecule is COc1c(C)c(C)c(OC)c(CCN)c1C. The van der Waals surface area contributed by atoms with Gasteiger partial charge in [-0.3, -0.25) is 0 Å². The van der Waals surface area contributed by atoms with Gasteiger partial charge in [-0.15, -0.1) is 0 Å². The summed E-state index contributed by atoms with van der Waals surface area (Å²) in [7, 11) is 3.40. The van der Waals surface area contributed by atoms with Crippen LogP contribution in [0.5, 0.6) is 11.5 Å². The predicted octanol–water partition coefficient (Wildman–Crippen LogP) is 2.13. The van der Waals surface area contributed by atoms with Crippen molar-refractivity contribution < 1.29 is 9.47 Å². The Kier molecular flexibility index (Phi) is 4.19. The van der Waals surface area contributed by atoms with Crippen molar-refractivity contribution in [2.75, 3.05) is 20.8 Å². The number of hydrogen-bond donors (Lipinski definition) is 1. The molecule has 0 fully saturated rings. The highest BCUT2D eigenvalue weighted by atomic mass is 16.5. The first-order chi connectivity index (χ1) is 7.58. The van der Waals surface area contributed by atoms with Crippen molar-refractivity contribution in [2.24, 2.45) is 5.73 Å². The van der Waals surface area contributed by atoms with Crippen molar-refractivity contribution in [3.05, 3.63) is 22.3 Å². The highest BCUT2D eigenvalue weighted by Gasteiger charge is 2.17. The van der Waals surface area contributed by atoms with E-state index in [4.69, 9.17) is 15.2 Å². The molecule has 0 radical (unpaired) electrons. The molecule has 1 aromatic rings. The Labute approximate surface area is 97.6 Å². The molecule has 3 nitrogen and oxygen atoms in total. The summed E-state index contributed by atoms with van der Waals surface area (Å²) in [5.74, 6) is 1.89. The number of benzene rings is 1. The number of hydrogen-bond acceptors (Lipinski definition) is 3. The van der Waals surface area contributed by atoms with E-state index in [1.807, 2.05) is 0 Å². The molecule has 1 aromatic carbocycles.